The first kappa shape index (κ1) is 12.6. The first-order chi connectivity index (χ1) is 8.37. The normalized spacial score (nSPS) is 17.8. The van der Waals surface area contributed by atoms with Gasteiger partial charge in [0.05, 0.1) is 11.5 Å². The average Bonchev–Trinajstić information content (AvgIpc) is 2.26. The SMILES string of the molecule is O=C(O)C(=O)c1ccc(OC2CS(=O)(=O)C2)cc1. The maximum absolute atomic E-state index is 11.1. The van der Waals surface area contributed by atoms with Gasteiger partial charge in [0.15, 0.2) is 9.84 Å². The summed E-state index contributed by atoms with van der Waals surface area (Å²) >= 11 is 0. The molecule has 6 nitrogen and oxygen atoms in total. The molecule has 1 aromatic rings. The van der Waals surface area contributed by atoms with Crippen LogP contribution in [0.5, 0.6) is 5.75 Å². The molecule has 96 valence electrons. The summed E-state index contributed by atoms with van der Waals surface area (Å²) in [5.41, 5.74) is 0.0519. The van der Waals surface area contributed by atoms with E-state index in [2.05, 4.69) is 0 Å². The third-order valence-corrected chi connectivity index (χ3v) is 4.25. The fourth-order valence-electron chi connectivity index (χ4n) is 1.59. The number of carbonyl (C=O) groups is 2. The fraction of sp³-hybridized carbons (Fsp3) is 0.273. The zero-order valence-electron chi connectivity index (χ0n) is 9.20. The molecule has 0 amide bonds. The summed E-state index contributed by atoms with van der Waals surface area (Å²) in [6, 6.07) is 5.56. The minimum Gasteiger partial charge on any atom is -0.488 e. The average molecular weight is 270 g/mol. The third kappa shape index (κ3) is 2.67. The molecule has 0 saturated carbocycles. The number of ether oxygens (including phenoxy) is 1. The van der Waals surface area contributed by atoms with Crippen molar-refractivity contribution in [1.82, 2.24) is 0 Å². The molecule has 0 aromatic heterocycles. The van der Waals surface area contributed by atoms with Gasteiger partial charge < -0.3 is 9.84 Å². The quantitative estimate of drug-likeness (QED) is 0.617. The molecule has 2 rings (SSSR count). The smallest absolute Gasteiger partial charge is 0.377 e. The summed E-state index contributed by atoms with van der Waals surface area (Å²) in [5, 5.41) is 8.51. The van der Waals surface area contributed by atoms with Crippen LogP contribution in [0, 0.1) is 0 Å². The van der Waals surface area contributed by atoms with Gasteiger partial charge in [0.2, 0.25) is 0 Å². The summed E-state index contributed by atoms with van der Waals surface area (Å²) in [4.78, 5) is 21.6. The second-order valence-corrected chi connectivity index (χ2v) is 6.13. The van der Waals surface area contributed by atoms with Gasteiger partial charge in [-0.3, -0.25) is 4.79 Å². The van der Waals surface area contributed by atoms with Crippen molar-refractivity contribution in [1.29, 1.82) is 0 Å². The van der Waals surface area contributed by atoms with Crippen molar-refractivity contribution >= 4 is 21.6 Å². The van der Waals surface area contributed by atoms with E-state index in [0.717, 1.165) is 0 Å². The van der Waals surface area contributed by atoms with E-state index in [0.29, 0.717) is 5.75 Å². The Morgan fingerprint density at radius 3 is 2.17 bits per heavy atom. The largest absolute Gasteiger partial charge is 0.488 e. The summed E-state index contributed by atoms with van der Waals surface area (Å²) in [5.74, 6) is -2.12. The third-order valence-electron chi connectivity index (χ3n) is 2.49. The molecule has 7 heteroatoms. The lowest BCUT2D eigenvalue weighted by molar-refractivity contribution is -0.131. The Kier molecular flexibility index (Phi) is 3.08. The van der Waals surface area contributed by atoms with E-state index in [1.54, 1.807) is 0 Å². The van der Waals surface area contributed by atoms with Crippen LogP contribution in [0.15, 0.2) is 24.3 Å². The minimum atomic E-state index is -2.94. The fourth-order valence-corrected chi connectivity index (χ4v) is 2.76. The van der Waals surface area contributed by atoms with Crippen LogP contribution in [0.1, 0.15) is 10.4 Å². The summed E-state index contributed by atoms with van der Waals surface area (Å²) in [6.45, 7) is 0. The van der Waals surface area contributed by atoms with Gasteiger partial charge in [-0.05, 0) is 24.3 Å². The molecule has 1 aliphatic heterocycles. The van der Waals surface area contributed by atoms with Crippen molar-refractivity contribution in [3.05, 3.63) is 29.8 Å². The van der Waals surface area contributed by atoms with Crippen molar-refractivity contribution in [2.24, 2.45) is 0 Å². The molecule has 0 unspecified atom stereocenters. The Bertz CT molecular complexity index is 574. The Balaban J connectivity index is 2.00. The van der Waals surface area contributed by atoms with Crippen LogP contribution >= 0.6 is 0 Å². The number of benzene rings is 1. The molecule has 0 radical (unpaired) electrons. The number of ketones is 1. The van der Waals surface area contributed by atoms with Crippen LogP contribution in [0.4, 0.5) is 0 Å². The van der Waals surface area contributed by atoms with Gasteiger partial charge in [-0.2, -0.15) is 0 Å². The molecule has 1 aliphatic rings. The van der Waals surface area contributed by atoms with Gasteiger partial charge in [0, 0.05) is 5.56 Å². The number of rotatable bonds is 4. The zero-order chi connectivity index (χ0) is 13.3. The molecule has 0 bridgehead atoms. The first-order valence-electron chi connectivity index (χ1n) is 5.12. The highest BCUT2D eigenvalue weighted by Gasteiger charge is 2.35. The van der Waals surface area contributed by atoms with Gasteiger partial charge in [0.1, 0.15) is 11.9 Å². The lowest BCUT2D eigenvalue weighted by Gasteiger charge is -2.26. The predicted octanol–water partition coefficient (Wildman–Crippen LogP) is 0.130. The molecule has 1 saturated heterocycles. The maximum Gasteiger partial charge on any atom is 0.377 e. The predicted molar refractivity (Wildman–Crippen MR) is 61.5 cm³/mol. The van der Waals surface area contributed by atoms with Crippen LogP contribution in [0.2, 0.25) is 0 Å². The van der Waals surface area contributed by atoms with E-state index in [1.807, 2.05) is 0 Å². The molecule has 18 heavy (non-hydrogen) atoms. The van der Waals surface area contributed by atoms with Crippen molar-refractivity contribution < 1.29 is 27.9 Å². The topological polar surface area (TPSA) is 97.7 Å². The van der Waals surface area contributed by atoms with Gasteiger partial charge in [-0.1, -0.05) is 0 Å². The van der Waals surface area contributed by atoms with Gasteiger partial charge in [-0.15, -0.1) is 0 Å². The monoisotopic (exact) mass is 270 g/mol. The number of carbonyl (C=O) groups excluding carboxylic acids is 1. The summed E-state index contributed by atoms with van der Waals surface area (Å²) < 4.78 is 27.2. The van der Waals surface area contributed by atoms with E-state index in [-0.39, 0.29) is 23.2 Å². The van der Waals surface area contributed by atoms with Crippen molar-refractivity contribution in [3.8, 4) is 5.75 Å². The number of aliphatic carboxylic acids is 1. The summed E-state index contributed by atoms with van der Waals surface area (Å²) in [6.07, 6.45) is -0.365. The molecule has 0 aliphatic carbocycles. The molecular formula is C11H10O6S. The van der Waals surface area contributed by atoms with Crippen LogP contribution in [0.3, 0.4) is 0 Å². The van der Waals surface area contributed by atoms with Crippen LogP contribution in [-0.2, 0) is 14.6 Å². The van der Waals surface area contributed by atoms with Crippen LogP contribution in [0.25, 0.3) is 0 Å². The van der Waals surface area contributed by atoms with Gasteiger partial charge >= 0.3 is 5.97 Å². The first-order valence-corrected chi connectivity index (χ1v) is 6.94. The highest BCUT2D eigenvalue weighted by atomic mass is 32.2. The number of carboxylic acids is 1. The lowest BCUT2D eigenvalue weighted by atomic mass is 10.1. The van der Waals surface area contributed by atoms with Gasteiger partial charge in [-0.25, -0.2) is 13.2 Å². The van der Waals surface area contributed by atoms with Crippen molar-refractivity contribution in [2.45, 2.75) is 6.10 Å². The van der Waals surface area contributed by atoms with Crippen molar-refractivity contribution in [3.63, 3.8) is 0 Å². The molecule has 1 N–H and O–H groups in total. The number of hydrogen-bond donors (Lipinski definition) is 1. The van der Waals surface area contributed by atoms with E-state index >= 15 is 0 Å². The van der Waals surface area contributed by atoms with E-state index in [4.69, 9.17) is 9.84 Å². The molecule has 1 heterocycles. The second kappa shape index (κ2) is 4.41. The Labute approximate surface area is 103 Å². The van der Waals surface area contributed by atoms with Crippen LogP contribution in [-0.4, -0.2) is 42.9 Å². The lowest BCUT2D eigenvalue weighted by Crippen LogP contribution is -2.45. The number of carboxylic acid groups (broad SMARTS) is 1. The molecule has 1 aromatic carbocycles. The number of sulfone groups is 1. The maximum atomic E-state index is 11.1. The Morgan fingerprint density at radius 1 is 1.17 bits per heavy atom. The standard InChI is InChI=1S/C11H10O6S/c12-10(11(13)14)7-1-3-8(4-2-7)17-9-5-18(15,16)6-9/h1-4,9H,5-6H2,(H,13,14). The number of hydrogen-bond acceptors (Lipinski definition) is 5. The minimum absolute atomic E-state index is 0.0111. The molecule has 0 spiro atoms. The van der Waals surface area contributed by atoms with E-state index in [9.17, 15) is 18.0 Å². The van der Waals surface area contributed by atoms with Crippen molar-refractivity contribution in [2.75, 3.05) is 11.5 Å². The second-order valence-electron chi connectivity index (χ2n) is 3.98. The highest BCUT2D eigenvalue weighted by Crippen LogP contribution is 2.20. The molecule has 0 atom stereocenters. The highest BCUT2D eigenvalue weighted by molar-refractivity contribution is 7.92. The molecule has 1 fully saturated rings. The summed E-state index contributed by atoms with van der Waals surface area (Å²) in [7, 11) is -2.94. The number of Topliss-reactive ketones (excluding diaryl/α,β-unsaturated/α-hetero) is 1. The Hall–Kier alpha value is -1.89. The zero-order valence-corrected chi connectivity index (χ0v) is 10.0. The van der Waals surface area contributed by atoms with Gasteiger partial charge in [0.25, 0.3) is 5.78 Å². The Morgan fingerprint density at radius 2 is 1.72 bits per heavy atom. The van der Waals surface area contributed by atoms with E-state index in [1.165, 1.54) is 24.3 Å². The van der Waals surface area contributed by atoms with E-state index < -0.39 is 21.6 Å². The molecular weight excluding hydrogens is 260 g/mol. The van der Waals surface area contributed by atoms with Crippen LogP contribution < -0.4 is 4.74 Å².